The lowest BCUT2D eigenvalue weighted by Gasteiger charge is -2.25. The van der Waals surface area contributed by atoms with Crippen molar-refractivity contribution in [3.63, 3.8) is 0 Å². The van der Waals surface area contributed by atoms with Crippen LogP contribution in [0, 0.1) is 0 Å². The molecule has 1 aromatic carbocycles. The Morgan fingerprint density at radius 2 is 2.14 bits per heavy atom. The molecule has 21 heavy (non-hydrogen) atoms. The number of aliphatic hydroxyl groups excluding tert-OH is 1. The van der Waals surface area contributed by atoms with Gasteiger partial charge in [-0.15, -0.1) is 0 Å². The normalized spacial score (nSPS) is 13.5. The molecule has 0 aliphatic carbocycles. The Morgan fingerprint density at radius 3 is 2.76 bits per heavy atom. The van der Waals surface area contributed by atoms with E-state index in [0.717, 1.165) is 24.2 Å². The minimum Gasteiger partial charge on any atom is -0.494 e. The lowest BCUT2D eigenvalue weighted by Crippen LogP contribution is -2.48. The van der Waals surface area contributed by atoms with Crippen LogP contribution in [-0.2, 0) is 16.1 Å². The van der Waals surface area contributed by atoms with E-state index in [1.807, 2.05) is 31.2 Å². The Hall–Kier alpha value is -1.59. The zero-order chi connectivity index (χ0) is 15.7. The summed E-state index contributed by atoms with van der Waals surface area (Å²) < 4.78 is 10.4. The Kier molecular flexibility index (Phi) is 7.19. The summed E-state index contributed by atoms with van der Waals surface area (Å²) in [6.07, 6.45) is 2.39. The molecule has 0 bridgehead atoms. The van der Waals surface area contributed by atoms with Gasteiger partial charge in [-0.25, -0.2) is 0 Å². The van der Waals surface area contributed by atoms with E-state index < -0.39 is 5.54 Å². The Labute approximate surface area is 126 Å². The lowest BCUT2D eigenvalue weighted by atomic mass is 9.95. The van der Waals surface area contributed by atoms with Crippen LogP contribution in [-0.4, -0.2) is 37.4 Å². The number of rotatable bonds is 9. The van der Waals surface area contributed by atoms with E-state index in [-0.39, 0.29) is 12.6 Å². The molecule has 2 N–H and O–H groups in total. The van der Waals surface area contributed by atoms with Gasteiger partial charge in [-0.05, 0) is 50.9 Å². The first kappa shape index (κ1) is 17.5. The van der Waals surface area contributed by atoms with Crippen LogP contribution in [0.1, 0.15) is 31.7 Å². The molecule has 0 amide bonds. The third-order valence-corrected chi connectivity index (χ3v) is 3.61. The molecule has 0 heterocycles. The largest absolute Gasteiger partial charge is 0.494 e. The number of benzene rings is 1. The summed E-state index contributed by atoms with van der Waals surface area (Å²) >= 11 is 0. The number of hydrogen-bond donors (Lipinski definition) is 2. The van der Waals surface area contributed by atoms with Crippen molar-refractivity contribution < 1.29 is 19.4 Å². The molecule has 0 spiro atoms. The Morgan fingerprint density at radius 1 is 1.38 bits per heavy atom. The van der Waals surface area contributed by atoms with Gasteiger partial charge >= 0.3 is 5.97 Å². The molecule has 1 atom stereocenters. The van der Waals surface area contributed by atoms with Gasteiger partial charge in [-0.2, -0.15) is 0 Å². The fourth-order valence-electron chi connectivity index (χ4n) is 2.06. The van der Waals surface area contributed by atoms with Crippen LogP contribution in [0.4, 0.5) is 0 Å². The van der Waals surface area contributed by atoms with Crippen molar-refractivity contribution in [3.8, 4) is 5.75 Å². The van der Waals surface area contributed by atoms with Crippen molar-refractivity contribution in [2.45, 2.75) is 38.3 Å². The molecule has 0 aliphatic heterocycles. The highest BCUT2D eigenvalue weighted by Gasteiger charge is 2.31. The zero-order valence-electron chi connectivity index (χ0n) is 13.0. The van der Waals surface area contributed by atoms with Gasteiger partial charge < -0.3 is 19.9 Å². The zero-order valence-corrected chi connectivity index (χ0v) is 13.0. The van der Waals surface area contributed by atoms with Crippen molar-refractivity contribution >= 4 is 5.97 Å². The van der Waals surface area contributed by atoms with E-state index in [2.05, 4.69) is 5.32 Å². The standard InChI is InChI=1S/C16H25NO4/c1-16(17-2,15(19)20-3)9-4-5-10-21-14-8-6-7-13(11-14)12-18/h6-8,11,17-18H,4-5,9-10,12H2,1-3H3. The van der Waals surface area contributed by atoms with Crippen LogP contribution < -0.4 is 10.1 Å². The smallest absolute Gasteiger partial charge is 0.325 e. The summed E-state index contributed by atoms with van der Waals surface area (Å²) in [4.78, 5) is 11.7. The number of aliphatic hydroxyl groups is 1. The number of likely N-dealkylation sites (N-methyl/N-ethyl adjacent to an activating group) is 1. The van der Waals surface area contributed by atoms with E-state index in [1.54, 1.807) is 7.05 Å². The molecule has 5 nitrogen and oxygen atoms in total. The number of carbonyl (C=O) groups is 1. The summed E-state index contributed by atoms with van der Waals surface area (Å²) in [7, 11) is 3.16. The first-order valence-corrected chi connectivity index (χ1v) is 7.15. The van der Waals surface area contributed by atoms with E-state index in [1.165, 1.54) is 7.11 Å². The fraction of sp³-hybridized carbons (Fsp3) is 0.562. The lowest BCUT2D eigenvalue weighted by molar-refractivity contribution is -0.148. The van der Waals surface area contributed by atoms with Gasteiger partial charge in [-0.3, -0.25) is 4.79 Å². The molecule has 118 valence electrons. The number of esters is 1. The maximum absolute atomic E-state index is 11.7. The quantitative estimate of drug-likeness (QED) is 0.538. The average molecular weight is 295 g/mol. The molecule has 1 unspecified atom stereocenters. The molecule has 0 aromatic heterocycles. The number of ether oxygens (including phenoxy) is 2. The molecular weight excluding hydrogens is 270 g/mol. The van der Waals surface area contributed by atoms with Gasteiger partial charge in [0.25, 0.3) is 0 Å². The minimum absolute atomic E-state index is 0.0108. The van der Waals surface area contributed by atoms with Crippen molar-refractivity contribution in [2.24, 2.45) is 0 Å². The molecule has 0 aliphatic rings. The summed E-state index contributed by atoms with van der Waals surface area (Å²) in [5.74, 6) is 0.507. The second-order valence-corrected chi connectivity index (χ2v) is 5.18. The van der Waals surface area contributed by atoms with E-state index in [0.29, 0.717) is 13.0 Å². The van der Waals surface area contributed by atoms with Crippen LogP contribution in [0.5, 0.6) is 5.75 Å². The number of carbonyl (C=O) groups excluding carboxylic acids is 1. The van der Waals surface area contributed by atoms with Crippen LogP contribution >= 0.6 is 0 Å². The average Bonchev–Trinajstić information content (AvgIpc) is 2.53. The maximum Gasteiger partial charge on any atom is 0.325 e. The van der Waals surface area contributed by atoms with Gasteiger partial charge in [0.05, 0.1) is 20.3 Å². The first-order chi connectivity index (χ1) is 10.1. The highest BCUT2D eigenvalue weighted by Crippen LogP contribution is 2.17. The predicted octanol–water partition coefficient (Wildman–Crippen LogP) is 1.88. The fourth-order valence-corrected chi connectivity index (χ4v) is 2.06. The summed E-state index contributed by atoms with van der Waals surface area (Å²) in [5.41, 5.74) is 0.187. The highest BCUT2D eigenvalue weighted by molar-refractivity contribution is 5.80. The summed E-state index contributed by atoms with van der Waals surface area (Å²) in [6.45, 7) is 2.43. The second-order valence-electron chi connectivity index (χ2n) is 5.18. The molecular formula is C16H25NO4. The van der Waals surface area contributed by atoms with Gasteiger partial charge in [0.1, 0.15) is 11.3 Å². The summed E-state index contributed by atoms with van der Waals surface area (Å²) in [6, 6.07) is 7.40. The molecule has 1 rings (SSSR count). The van der Waals surface area contributed by atoms with Gasteiger partial charge in [0.15, 0.2) is 0 Å². The number of nitrogens with one attached hydrogen (secondary N) is 1. The molecule has 0 saturated carbocycles. The number of hydrogen-bond acceptors (Lipinski definition) is 5. The van der Waals surface area contributed by atoms with Crippen molar-refractivity contribution in [3.05, 3.63) is 29.8 Å². The molecule has 0 fully saturated rings. The molecule has 0 radical (unpaired) electrons. The van der Waals surface area contributed by atoms with Crippen molar-refractivity contribution in [1.29, 1.82) is 0 Å². The van der Waals surface area contributed by atoms with E-state index >= 15 is 0 Å². The Bertz CT molecular complexity index is 450. The first-order valence-electron chi connectivity index (χ1n) is 7.15. The van der Waals surface area contributed by atoms with Gasteiger partial charge in [0, 0.05) is 0 Å². The van der Waals surface area contributed by atoms with Crippen LogP contribution in [0.15, 0.2) is 24.3 Å². The maximum atomic E-state index is 11.7. The SMILES string of the molecule is CNC(C)(CCCCOc1cccc(CO)c1)C(=O)OC. The van der Waals surface area contributed by atoms with Crippen LogP contribution in [0.25, 0.3) is 0 Å². The van der Waals surface area contributed by atoms with Gasteiger partial charge in [-0.1, -0.05) is 12.1 Å². The minimum atomic E-state index is -0.647. The van der Waals surface area contributed by atoms with E-state index in [9.17, 15) is 4.79 Å². The number of methoxy groups -OCH3 is 1. The summed E-state index contributed by atoms with van der Waals surface area (Å²) in [5, 5.41) is 12.1. The van der Waals surface area contributed by atoms with Gasteiger partial charge in [0.2, 0.25) is 0 Å². The molecule has 5 heteroatoms. The predicted molar refractivity (Wildman–Crippen MR) is 81.2 cm³/mol. The third kappa shape index (κ3) is 5.36. The topological polar surface area (TPSA) is 67.8 Å². The molecule has 0 saturated heterocycles. The third-order valence-electron chi connectivity index (χ3n) is 3.61. The second kappa shape index (κ2) is 8.64. The van der Waals surface area contributed by atoms with Crippen LogP contribution in [0.3, 0.4) is 0 Å². The number of unbranched alkanes of at least 4 members (excludes halogenated alkanes) is 1. The highest BCUT2D eigenvalue weighted by atomic mass is 16.5. The monoisotopic (exact) mass is 295 g/mol. The van der Waals surface area contributed by atoms with Crippen molar-refractivity contribution in [2.75, 3.05) is 20.8 Å². The van der Waals surface area contributed by atoms with Crippen molar-refractivity contribution in [1.82, 2.24) is 5.32 Å². The van der Waals surface area contributed by atoms with Crippen LogP contribution in [0.2, 0.25) is 0 Å². The van der Waals surface area contributed by atoms with E-state index in [4.69, 9.17) is 14.6 Å². The Balaban J connectivity index is 2.32. The molecule has 1 aromatic rings.